The van der Waals surface area contributed by atoms with Crippen molar-refractivity contribution < 1.29 is 4.79 Å². The van der Waals surface area contributed by atoms with Crippen molar-refractivity contribution in [3.05, 3.63) is 65.9 Å². The van der Waals surface area contributed by atoms with Gasteiger partial charge in [-0.2, -0.15) is 5.10 Å². The zero-order chi connectivity index (χ0) is 16.9. The van der Waals surface area contributed by atoms with Gasteiger partial charge in [0.1, 0.15) is 0 Å². The molecule has 0 unspecified atom stereocenters. The Bertz CT molecular complexity index is 823. The third kappa shape index (κ3) is 3.48. The van der Waals surface area contributed by atoms with Gasteiger partial charge in [0.25, 0.3) is 0 Å². The van der Waals surface area contributed by atoms with E-state index in [9.17, 15) is 4.79 Å². The second-order valence-electron chi connectivity index (χ2n) is 6.02. The third-order valence-electron chi connectivity index (χ3n) is 4.39. The number of hydrogen-bond donors (Lipinski definition) is 0. The molecule has 1 amide bonds. The SMILES string of the molecule is CCN(Cc1ccccc1)C(=O)CCn1ncc2c(C)cccc21. The fraction of sp³-hybridized carbons (Fsp3) is 0.300. The number of carbonyl (C=O) groups excluding carboxylic acids is 1. The summed E-state index contributed by atoms with van der Waals surface area (Å²) in [5, 5.41) is 5.60. The molecule has 0 bridgehead atoms. The Balaban J connectivity index is 1.66. The lowest BCUT2D eigenvalue weighted by Crippen LogP contribution is -2.31. The molecule has 0 fully saturated rings. The summed E-state index contributed by atoms with van der Waals surface area (Å²) in [6, 6.07) is 16.3. The van der Waals surface area contributed by atoms with Crippen LogP contribution in [0.3, 0.4) is 0 Å². The molecule has 2 aromatic carbocycles. The highest BCUT2D eigenvalue weighted by molar-refractivity contribution is 5.82. The van der Waals surface area contributed by atoms with Crippen molar-refractivity contribution in [1.82, 2.24) is 14.7 Å². The fourth-order valence-electron chi connectivity index (χ4n) is 2.97. The van der Waals surface area contributed by atoms with Gasteiger partial charge in [0.2, 0.25) is 5.91 Å². The Kier molecular flexibility index (Phi) is 4.94. The van der Waals surface area contributed by atoms with Crippen LogP contribution in [-0.4, -0.2) is 27.1 Å². The first-order chi connectivity index (χ1) is 11.7. The van der Waals surface area contributed by atoms with Gasteiger partial charge in [0.15, 0.2) is 0 Å². The van der Waals surface area contributed by atoms with Crippen LogP contribution in [0.5, 0.6) is 0 Å². The number of rotatable bonds is 6. The van der Waals surface area contributed by atoms with Crippen LogP contribution in [0.1, 0.15) is 24.5 Å². The first-order valence-corrected chi connectivity index (χ1v) is 8.42. The second-order valence-corrected chi connectivity index (χ2v) is 6.02. The van der Waals surface area contributed by atoms with Gasteiger partial charge in [0, 0.05) is 24.9 Å². The molecule has 3 rings (SSSR count). The summed E-state index contributed by atoms with van der Waals surface area (Å²) >= 11 is 0. The molecule has 0 saturated heterocycles. The van der Waals surface area contributed by atoms with Gasteiger partial charge >= 0.3 is 0 Å². The average molecular weight is 321 g/mol. The predicted molar refractivity (Wildman–Crippen MR) is 96.6 cm³/mol. The molecule has 0 atom stereocenters. The fourth-order valence-corrected chi connectivity index (χ4v) is 2.97. The van der Waals surface area contributed by atoms with Crippen LogP contribution in [-0.2, 0) is 17.9 Å². The predicted octanol–water partition coefficient (Wildman–Crippen LogP) is 3.78. The molecule has 24 heavy (non-hydrogen) atoms. The van der Waals surface area contributed by atoms with Gasteiger partial charge in [-0.25, -0.2) is 0 Å². The molecular weight excluding hydrogens is 298 g/mol. The molecule has 1 aromatic heterocycles. The Labute approximate surface area is 142 Å². The monoisotopic (exact) mass is 321 g/mol. The van der Waals surface area contributed by atoms with E-state index in [1.807, 2.05) is 47.0 Å². The van der Waals surface area contributed by atoms with E-state index in [-0.39, 0.29) is 5.91 Å². The number of aromatic nitrogens is 2. The normalized spacial score (nSPS) is 10.9. The summed E-state index contributed by atoms with van der Waals surface area (Å²) < 4.78 is 1.93. The van der Waals surface area contributed by atoms with E-state index in [0.29, 0.717) is 26.1 Å². The summed E-state index contributed by atoms with van der Waals surface area (Å²) in [6.07, 6.45) is 2.35. The van der Waals surface area contributed by atoms with Gasteiger partial charge in [0.05, 0.1) is 18.3 Å². The van der Waals surface area contributed by atoms with Crippen molar-refractivity contribution in [2.24, 2.45) is 0 Å². The Morgan fingerprint density at radius 1 is 1.12 bits per heavy atom. The number of amides is 1. The maximum Gasteiger partial charge on any atom is 0.224 e. The zero-order valence-corrected chi connectivity index (χ0v) is 14.3. The summed E-state index contributed by atoms with van der Waals surface area (Å²) in [7, 11) is 0. The molecule has 1 heterocycles. The molecule has 0 radical (unpaired) electrons. The van der Waals surface area contributed by atoms with Gasteiger partial charge < -0.3 is 4.90 Å². The number of nitrogens with zero attached hydrogens (tertiary/aromatic N) is 3. The molecule has 4 heteroatoms. The molecule has 3 aromatic rings. The minimum atomic E-state index is 0.164. The smallest absolute Gasteiger partial charge is 0.224 e. The van der Waals surface area contributed by atoms with E-state index in [4.69, 9.17) is 0 Å². The van der Waals surface area contributed by atoms with Gasteiger partial charge in [-0.3, -0.25) is 9.48 Å². The van der Waals surface area contributed by atoms with Crippen molar-refractivity contribution in [2.45, 2.75) is 33.4 Å². The van der Waals surface area contributed by atoms with Crippen LogP contribution in [0.2, 0.25) is 0 Å². The summed E-state index contributed by atoms with van der Waals surface area (Å²) in [5.41, 5.74) is 3.46. The topological polar surface area (TPSA) is 38.1 Å². The molecule has 0 saturated carbocycles. The van der Waals surface area contributed by atoms with Crippen molar-refractivity contribution in [3.8, 4) is 0 Å². The van der Waals surface area contributed by atoms with Crippen molar-refractivity contribution in [1.29, 1.82) is 0 Å². The summed E-state index contributed by atoms with van der Waals surface area (Å²) in [5.74, 6) is 0.164. The lowest BCUT2D eigenvalue weighted by atomic mass is 10.1. The second kappa shape index (κ2) is 7.30. The molecule has 124 valence electrons. The van der Waals surface area contributed by atoms with Crippen molar-refractivity contribution >= 4 is 16.8 Å². The number of aryl methyl sites for hydroxylation is 2. The molecule has 0 spiro atoms. The summed E-state index contributed by atoms with van der Waals surface area (Å²) in [4.78, 5) is 14.5. The number of carbonyl (C=O) groups is 1. The van der Waals surface area contributed by atoms with Gasteiger partial charge in [-0.1, -0.05) is 42.5 Å². The highest BCUT2D eigenvalue weighted by Crippen LogP contribution is 2.18. The van der Waals surface area contributed by atoms with Gasteiger partial charge in [-0.05, 0) is 31.0 Å². The highest BCUT2D eigenvalue weighted by atomic mass is 16.2. The molecule has 0 aliphatic rings. The zero-order valence-electron chi connectivity index (χ0n) is 14.3. The van der Waals surface area contributed by atoms with Crippen molar-refractivity contribution in [2.75, 3.05) is 6.54 Å². The van der Waals surface area contributed by atoms with E-state index in [0.717, 1.165) is 16.5 Å². The minimum absolute atomic E-state index is 0.164. The first-order valence-electron chi connectivity index (χ1n) is 8.42. The van der Waals surface area contributed by atoms with E-state index >= 15 is 0 Å². The molecule has 4 nitrogen and oxygen atoms in total. The van der Waals surface area contributed by atoms with E-state index < -0.39 is 0 Å². The number of fused-ring (bicyclic) bond motifs is 1. The first kappa shape index (κ1) is 16.2. The number of hydrogen-bond acceptors (Lipinski definition) is 2. The molecule has 0 aliphatic carbocycles. The Hall–Kier alpha value is -2.62. The van der Waals surface area contributed by atoms with Crippen LogP contribution in [0, 0.1) is 6.92 Å². The van der Waals surface area contributed by atoms with Crippen LogP contribution < -0.4 is 0 Å². The molecule has 0 N–H and O–H groups in total. The molecular formula is C20H23N3O. The number of benzene rings is 2. The quantitative estimate of drug-likeness (QED) is 0.693. The standard InChI is InChI=1S/C20H23N3O/c1-3-22(15-17-9-5-4-6-10-17)20(24)12-13-23-19-11-7-8-16(2)18(19)14-21-23/h4-11,14H,3,12-13,15H2,1-2H3. The maximum atomic E-state index is 12.6. The molecule has 0 aliphatic heterocycles. The average Bonchev–Trinajstić information content (AvgIpc) is 3.03. The third-order valence-corrected chi connectivity index (χ3v) is 4.39. The van der Waals surface area contributed by atoms with Crippen LogP contribution in [0.25, 0.3) is 10.9 Å². The van der Waals surface area contributed by atoms with E-state index in [1.165, 1.54) is 5.56 Å². The highest BCUT2D eigenvalue weighted by Gasteiger charge is 2.13. The lowest BCUT2D eigenvalue weighted by Gasteiger charge is -2.21. The minimum Gasteiger partial charge on any atom is -0.339 e. The van der Waals surface area contributed by atoms with Crippen LogP contribution in [0.4, 0.5) is 0 Å². The van der Waals surface area contributed by atoms with Gasteiger partial charge in [-0.15, -0.1) is 0 Å². The Morgan fingerprint density at radius 3 is 2.67 bits per heavy atom. The summed E-state index contributed by atoms with van der Waals surface area (Å²) in [6.45, 7) is 6.09. The largest absolute Gasteiger partial charge is 0.339 e. The Morgan fingerprint density at radius 2 is 1.92 bits per heavy atom. The maximum absolute atomic E-state index is 12.6. The van der Waals surface area contributed by atoms with Crippen molar-refractivity contribution in [3.63, 3.8) is 0 Å². The lowest BCUT2D eigenvalue weighted by molar-refractivity contribution is -0.131. The van der Waals surface area contributed by atoms with E-state index in [2.05, 4.69) is 36.3 Å². The van der Waals surface area contributed by atoms with Crippen LogP contribution >= 0.6 is 0 Å². The van der Waals surface area contributed by atoms with Crippen LogP contribution in [0.15, 0.2) is 54.7 Å². The van der Waals surface area contributed by atoms with E-state index in [1.54, 1.807) is 0 Å².